The Morgan fingerprint density at radius 2 is 1.82 bits per heavy atom. The molecule has 1 aliphatic rings. The minimum Gasteiger partial charge on any atom is -0.496 e. The van der Waals surface area contributed by atoms with Crippen LogP contribution >= 0.6 is 0 Å². The zero-order valence-corrected chi connectivity index (χ0v) is 19.7. The van der Waals surface area contributed by atoms with Crippen molar-refractivity contribution in [2.75, 3.05) is 43.5 Å². The normalized spacial score (nSPS) is 14.0. The van der Waals surface area contributed by atoms with E-state index in [1.807, 2.05) is 49.1 Å². The van der Waals surface area contributed by atoms with Crippen LogP contribution in [0.3, 0.4) is 0 Å². The standard InChI is InChI=1S/C25H31N5O3/c1-5-18-14-22-21(15-23(18)32-4)24(27-16-26-22)29-10-12-30(13-11-29)25(31)28-19-6-8-20(9-7-19)33-17(2)3/h6-9,14-17H,5,10-13H2,1-4H3,(H,28,31). The first-order chi connectivity index (χ1) is 16.0. The van der Waals surface area contributed by atoms with Crippen molar-refractivity contribution >= 4 is 28.4 Å². The molecule has 2 aromatic carbocycles. The summed E-state index contributed by atoms with van der Waals surface area (Å²) >= 11 is 0. The van der Waals surface area contributed by atoms with Crippen LogP contribution in [0.15, 0.2) is 42.7 Å². The quantitative estimate of drug-likeness (QED) is 0.603. The summed E-state index contributed by atoms with van der Waals surface area (Å²) in [4.78, 5) is 25.8. The molecule has 3 aromatic rings. The Morgan fingerprint density at radius 1 is 1.09 bits per heavy atom. The number of rotatable bonds is 6. The number of fused-ring (bicyclic) bond motifs is 1. The second-order valence-corrected chi connectivity index (χ2v) is 8.33. The number of amides is 2. The number of hydrogen-bond donors (Lipinski definition) is 1. The SMILES string of the molecule is CCc1cc2ncnc(N3CCN(C(=O)Nc4ccc(OC(C)C)cc4)CC3)c2cc1OC. The van der Waals surface area contributed by atoms with Crippen molar-refractivity contribution in [3.05, 3.63) is 48.3 Å². The molecule has 174 valence electrons. The molecule has 2 heterocycles. The molecule has 0 unspecified atom stereocenters. The highest BCUT2D eigenvalue weighted by atomic mass is 16.5. The monoisotopic (exact) mass is 449 g/mol. The Morgan fingerprint density at radius 3 is 2.45 bits per heavy atom. The first kappa shape index (κ1) is 22.6. The van der Waals surface area contributed by atoms with Crippen LogP contribution < -0.4 is 19.7 Å². The molecule has 0 radical (unpaired) electrons. The molecule has 33 heavy (non-hydrogen) atoms. The number of ether oxygens (including phenoxy) is 2. The van der Waals surface area contributed by atoms with E-state index in [9.17, 15) is 4.79 Å². The smallest absolute Gasteiger partial charge is 0.321 e. The lowest BCUT2D eigenvalue weighted by molar-refractivity contribution is 0.208. The maximum absolute atomic E-state index is 12.8. The number of nitrogens with zero attached hydrogens (tertiary/aromatic N) is 4. The van der Waals surface area contributed by atoms with E-state index in [4.69, 9.17) is 9.47 Å². The van der Waals surface area contributed by atoms with Gasteiger partial charge in [0.25, 0.3) is 0 Å². The van der Waals surface area contributed by atoms with Crippen molar-refractivity contribution in [1.29, 1.82) is 0 Å². The van der Waals surface area contributed by atoms with E-state index in [1.165, 1.54) is 0 Å². The second-order valence-electron chi connectivity index (χ2n) is 8.33. The Balaban J connectivity index is 1.41. The summed E-state index contributed by atoms with van der Waals surface area (Å²) in [6.07, 6.45) is 2.60. The lowest BCUT2D eigenvalue weighted by Gasteiger charge is -2.35. The predicted molar refractivity (Wildman–Crippen MR) is 130 cm³/mol. The number of hydrogen-bond acceptors (Lipinski definition) is 6. The van der Waals surface area contributed by atoms with Crippen molar-refractivity contribution in [3.8, 4) is 11.5 Å². The summed E-state index contributed by atoms with van der Waals surface area (Å²) in [7, 11) is 1.69. The third-order valence-corrected chi connectivity index (χ3v) is 5.74. The number of methoxy groups -OCH3 is 1. The van der Waals surface area contributed by atoms with Crippen molar-refractivity contribution in [1.82, 2.24) is 14.9 Å². The minimum atomic E-state index is -0.103. The molecular weight excluding hydrogens is 418 g/mol. The highest BCUT2D eigenvalue weighted by molar-refractivity contribution is 5.92. The van der Waals surface area contributed by atoms with Gasteiger partial charge in [-0.2, -0.15) is 0 Å². The molecule has 0 spiro atoms. The Bertz CT molecular complexity index is 1110. The third kappa shape index (κ3) is 5.10. The van der Waals surface area contributed by atoms with Crippen LogP contribution in [0.2, 0.25) is 0 Å². The molecular formula is C25H31N5O3. The summed E-state index contributed by atoms with van der Waals surface area (Å²) < 4.78 is 11.2. The van der Waals surface area contributed by atoms with Crippen LogP contribution in [0.5, 0.6) is 11.5 Å². The first-order valence-electron chi connectivity index (χ1n) is 11.4. The number of aryl methyl sites for hydroxylation is 1. The van der Waals surface area contributed by atoms with Gasteiger partial charge in [0.2, 0.25) is 0 Å². The van der Waals surface area contributed by atoms with Crippen LogP contribution in [0, 0.1) is 0 Å². The minimum absolute atomic E-state index is 0.103. The van der Waals surface area contributed by atoms with Crippen molar-refractivity contribution in [2.45, 2.75) is 33.3 Å². The van der Waals surface area contributed by atoms with Gasteiger partial charge >= 0.3 is 6.03 Å². The Hall–Kier alpha value is -3.55. The molecule has 1 aromatic heterocycles. The average Bonchev–Trinajstić information content (AvgIpc) is 2.83. The molecule has 1 saturated heterocycles. The van der Waals surface area contributed by atoms with Gasteiger partial charge in [-0.25, -0.2) is 14.8 Å². The van der Waals surface area contributed by atoms with Crippen LogP contribution in [-0.2, 0) is 6.42 Å². The van der Waals surface area contributed by atoms with Crippen molar-refractivity contribution < 1.29 is 14.3 Å². The van der Waals surface area contributed by atoms with Crippen molar-refractivity contribution in [3.63, 3.8) is 0 Å². The fourth-order valence-electron chi connectivity index (χ4n) is 4.04. The van der Waals surface area contributed by atoms with E-state index in [1.54, 1.807) is 13.4 Å². The molecule has 8 heteroatoms. The van der Waals surface area contributed by atoms with Gasteiger partial charge in [0.1, 0.15) is 23.6 Å². The van der Waals surface area contributed by atoms with Gasteiger partial charge in [-0.3, -0.25) is 0 Å². The molecule has 0 bridgehead atoms. The van der Waals surface area contributed by atoms with E-state index in [-0.39, 0.29) is 12.1 Å². The van der Waals surface area contributed by atoms with Gasteiger partial charge in [0.15, 0.2) is 0 Å². The van der Waals surface area contributed by atoms with Gasteiger partial charge in [0.05, 0.1) is 18.7 Å². The highest BCUT2D eigenvalue weighted by Gasteiger charge is 2.24. The number of piperazine rings is 1. The van der Waals surface area contributed by atoms with Gasteiger partial charge in [-0.1, -0.05) is 6.92 Å². The molecule has 0 saturated carbocycles. The third-order valence-electron chi connectivity index (χ3n) is 5.74. The molecule has 8 nitrogen and oxygen atoms in total. The topological polar surface area (TPSA) is 79.8 Å². The predicted octanol–water partition coefficient (Wildman–Crippen LogP) is 4.34. The van der Waals surface area contributed by atoms with E-state index in [2.05, 4.69) is 33.2 Å². The second kappa shape index (κ2) is 9.94. The number of benzene rings is 2. The zero-order chi connectivity index (χ0) is 23.4. The molecule has 1 fully saturated rings. The fourth-order valence-corrected chi connectivity index (χ4v) is 4.04. The summed E-state index contributed by atoms with van der Waals surface area (Å²) in [5, 5.41) is 3.94. The maximum atomic E-state index is 12.8. The van der Waals surface area contributed by atoms with E-state index in [0.29, 0.717) is 26.2 Å². The first-order valence-corrected chi connectivity index (χ1v) is 11.4. The average molecular weight is 450 g/mol. The summed E-state index contributed by atoms with van der Waals surface area (Å²) in [5.41, 5.74) is 2.78. The van der Waals surface area contributed by atoms with Gasteiger partial charge in [0, 0.05) is 37.3 Å². The van der Waals surface area contributed by atoms with Gasteiger partial charge < -0.3 is 24.6 Å². The number of aromatic nitrogens is 2. The fraction of sp³-hybridized carbons (Fsp3) is 0.400. The van der Waals surface area contributed by atoms with Crippen molar-refractivity contribution in [2.24, 2.45) is 0 Å². The van der Waals surface area contributed by atoms with Crippen LogP contribution in [0.1, 0.15) is 26.3 Å². The maximum Gasteiger partial charge on any atom is 0.321 e. The lowest BCUT2D eigenvalue weighted by atomic mass is 10.1. The number of carbonyl (C=O) groups is 1. The summed E-state index contributed by atoms with van der Waals surface area (Å²) in [6.45, 7) is 8.67. The lowest BCUT2D eigenvalue weighted by Crippen LogP contribution is -2.50. The van der Waals surface area contributed by atoms with Crippen LogP contribution in [0.4, 0.5) is 16.3 Å². The number of carbonyl (C=O) groups excluding carboxylic acids is 1. The van der Waals surface area contributed by atoms with Crippen LogP contribution in [-0.4, -0.2) is 60.3 Å². The number of urea groups is 1. The highest BCUT2D eigenvalue weighted by Crippen LogP contribution is 2.31. The van der Waals surface area contributed by atoms with Crippen LogP contribution in [0.25, 0.3) is 10.9 Å². The summed E-state index contributed by atoms with van der Waals surface area (Å²) in [6, 6.07) is 11.4. The Labute approximate surface area is 194 Å². The van der Waals surface area contributed by atoms with Gasteiger partial charge in [-0.05, 0) is 62.2 Å². The van der Waals surface area contributed by atoms with E-state index in [0.717, 1.165) is 45.9 Å². The molecule has 2 amide bonds. The zero-order valence-electron chi connectivity index (χ0n) is 19.7. The molecule has 0 aliphatic carbocycles. The molecule has 1 aliphatic heterocycles. The molecule has 4 rings (SSSR count). The van der Waals surface area contributed by atoms with E-state index < -0.39 is 0 Å². The van der Waals surface area contributed by atoms with E-state index >= 15 is 0 Å². The molecule has 0 atom stereocenters. The number of nitrogens with one attached hydrogen (secondary N) is 1. The Kier molecular flexibility index (Phi) is 6.82. The summed E-state index contributed by atoms with van der Waals surface area (Å²) in [5.74, 6) is 2.52. The number of anilines is 2. The largest absolute Gasteiger partial charge is 0.496 e. The molecule has 1 N–H and O–H groups in total. The van der Waals surface area contributed by atoms with Gasteiger partial charge in [-0.15, -0.1) is 0 Å².